The number of nitrogens with one attached hydrogen (secondary N) is 1. The van der Waals surface area contributed by atoms with Gasteiger partial charge in [0, 0.05) is 31.7 Å². The van der Waals surface area contributed by atoms with Crippen LogP contribution in [-0.4, -0.2) is 48.3 Å². The smallest absolute Gasteiger partial charge is 0.0710 e. The molecule has 0 amide bonds. The Morgan fingerprint density at radius 3 is 2.70 bits per heavy atom. The largest absolute Gasteiger partial charge is 0.370 e. The summed E-state index contributed by atoms with van der Waals surface area (Å²) in [6, 6.07) is 1.43. The highest BCUT2D eigenvalue weighted by Crippen LogP contribution is 2.43. The summed E-state index contributed by atoms with van der Waals surface area (Å²) in [5.74, 6) is 0.968. The van der Waals surface area contributed by atoms with Crippen molar-refractivity contribution in [3.05, 3.63) is 0 Å². The van der Waals surface area contributed by atoms with Gasteiger partial charge in [0.15, 0.2) is 0 Å². The lowest BCUT2D eigenvalue weighted by Crippen LogP contribution is -2.57. The van der Waals surface area contributed by atoms with Gasteiger partial charge in [0.1, 0.15) is 0 Å². The topological polar surface area (TPSA) is 24.5 Å². The number of ether oxygens (including phenoxy) is 1. The van der Waals surface area contributed by atoms with E-state index in [1.165, 1.54) is 71.0 Å². The van der Waals surface area contributed by atoms with Crippen molar-refractivity contribution in [1.82, 2.24) is 10.2 Å². The zero-order valence-electron chi connectivity index (χ0n) is 12.9. The van der Waals surface area contributed by atoms with Gasteiger partial charge < -0.3 is 10.1 Å². The van der Waals surface area contributed by atoms with E-state index in [0.717, 1.165) is 12.0 Å². The molecule has 0 aromatic heterocycles. The first-order chi connectivity index (χ1) is 9.74. The molecular weight excluding hydrogens is 248 g/mol. The number of rotatable bonds is 3. The number of hydrogen-bond acceptors (Lipinski definition) is 3. The van der Waals surface area contributed by atoms with Crippen molar-refractivity contribution in [3.63, 3.8) is 0 Å². The van der Waals surface area contributed by atoms with E-state index in [4.69, 9.17) is 4.74 Å². The Morgan fingerprint density at radius 2 is 1.95 bits per heavy atom. The summed E-state index contributed by atoms with van der Waals surface area (Å²) >= 11 is 0. The molecule has 0 aromatic carbocycles. The van der Waals surface area contributed by atoms with Gasteiger partial charge in [-0.2, -0.15) is 0 Å². The Kier molecular flexibility index (Phi) is 3.56. The summed E-state index contributed by atoms with van der Waals surface area (Å²) in [6.45, 7) is 5.96. The molecule has 20 heavy (non-hydrogen) atoms. The predicted octanol–water partition coefficient (Wildman–Crippen LogP) is 2.55. The van der Waals surface area contributed by atoms with Crippen molar-refractivity contribution >= 4 is 0 Å². The highest BCUT2D eigenvalue weighted by atomic mass is 16.5. The van der Waals surface area contributed by atoms with Crippen LogP contribution >= 0.6 is 0 Å². The van der Waals surface area contributed by atoms with Crippen molar-refractivity contribution in [2.75, 3.05) is 19.6 Å². The van der Waals surface area contributed by atoms with Gasteiger partial charge in [-0.25, -0.2) is 0 Å². The van der Waals surface area contributed by atoms with Crippen LogP contribution in [0, 0.1) is 5.92 Å². The third-order valence-corrected chi connectivity index (χ3v) is 6.21. The Labute approximate surface area is 123 Å². The van der Waals surface area contributed by atoms with Crippen molar-refractivity contribution in [2.45, 2.75) is 82.1 Å². The minimum atomic E-state index is 0.303. The second-order valence-corrected chi connectivity index (χ2v) is 7.82. The lowest BCUT2D eigenvalue weighted by atomic mass is 9.98. The van der Waals surface area contributed by atoms with E-state index in [0.29, 0.717) is 17.7 Å². The summed E-state index contributed by atoms with van der Waals surface area (Å²) in [5, 5.41) is 3.75. The maximum absolute atomic E-state index is 6.51. The van der Waals surface area contributed by atoms with Crippen molar-refractivity contribution < 1.29 is 4.74 Å². The molecule has 4 rings (SSSR count). The highest BCUT2D eigenvalue weighted by Gasteiger charge is 2.43. The van der Waals surface area contributed by atoms with Gasteiger partial charge in [-0.3, -0.25) is 4.90 Å². The standard InChI is InChI=1S/C17H30N2O/c1-13-10-18-16(14-4-5-14)12-19(13)11-15-6-9-17(20-15)7-2-3-8-17/h13-16,18H,2-12H2,1H3. The molecule has 3 atom stereocenters. The zero-order valence-corrected chi connectivity index (χ0v) is 12.9. The maximum atomic E-state index is 6.51. The van der Waals surface area contributed by atoms with Crippen LogP contribution in [0.1, 0.15) is 58.3 Å². The van der Waals surface area contributed by atoms with Gasteiger partial charge in [-0.1, -0.05) is 12.8 Å². The third kappa shape index (κ3) is 2.65. The summed E-state index contributed by atoms with van der Waals surface area (Å²) in [5.41, 5.74) is 0.303. The van der Waals surface area contributed by atoms with Crippen LogP contribution < -0.4 is 5.32 Å². The van der Waals surface area contributed by atoms with Crippen molar-refractivity contribution in [3.8, 4) is 0 Å². The van der Waals surface area contributed by atoms with Crippen LogP contribution in [-0.2, 0) is 4.74 Å². The zero-order chi connectivity index (χ0) is 13.6. The van der Waals surface area contributed by atoms with Gasteiger partial charge in [-0.15, -0.1) is 0 Å². The molecule has 2 heterocycles. The van der Waals surface area contributed by atoms with Crippen LogP contribution in [0.25, 0.3) is 0 Å². The number of piperazine rings is 1. The average Bonchev–Trinajstić information content (AvgIpc) is 3.09. The molecule has 2 saturated heterocycles. The third-order valence-electron chi connectivity index (χ3n) is 6.21. The normalized spacial score (nSPS) is 41.5. The minimum absolute atomic E-state index is 0.303. The molecular formula is C17H30N2O. The van der Waals surface area contributed by atoms with Gasteiger partial charge in [-0.05, 0) is 51.4 Å². The van der Waals surface area contributed by atoms with Crippen molar-refractivity contribution in [1.29, 1.82) is 0 Å². The fraction of sp³-hybridized carbons (Fsp3) is 1.00. The first-order valence-electron chi connectivity index (χ1n) is 8.89. The molecule has 0 bridgehead atoms. The Bertz CT molecular complexity index is 349. The highest BCUT2D eigenvalue weighted by molar-refractivity contribution is 4.97. The summed E-state index contributed by atoms with van der Waals surface area (Å²) in [4.78, 5) is 2.71. The molecule has 0 radical (unpaired) electrons. The lowest BCUT2D eigenvalue weighted by molar-refractivity contribution is -0.0543. The van der Waals surface area contributed by atoms with Gasteiger partial charge in [0.05, 0.1) is 11.7 Å². The lowest BCUT2D eigenvalue weighted by Gasteiger charge is -2.40. The molecule has 3 heteroatoms. The molecule has 2 aliphatic carbocycles. The second-order valence-electron chi connectivity index (χ2n) is 7.82. The van der Waals surface area contributed by atoms with Crippen LogP contribution in [0.15, 0.2) is 0 Å². The minimum Gasteiger partial charge on any atom is -0.370 e. The summed E-state index contributed by atoms with van der Waals surface area (Å²) in [7, 11) is 0. The van der Waals surface area contributed by atoms with Crippen LogP contribution in [0.4, 0.5) is 0 Å². The Hall–Kier alpha value is -0.120. The molecule has 4 aliphatic rings. The monoisotopic (exact) mass is 278 g/mol. The molecule has 114 valence electrons. The van der Waals surface area contributed by atoms with Crippen LogP contribution in [0.5, 0.6) is 0 Å². The second kappa shape index (κ2) is 5.26. The summed E-state index contributed by atoms with van der Waals surface area (Å²) < 4.78 is 6.51. The van der Waals surface area contributed by atoms with E-state index in [-0.39, 0.29) is 0 Å². The Morgan fingerprint density at radius 1 is 1.15 bits per heavy atom. The van der Waals surface area contributed by atoms with E-state index < -0.39 is 0 Å². The molecule has 2 aliphatic heterocycles. The Balaban J connectivity index is 1.33. The SMILES string of the molecule is CC1CNC(C2CC2)CN1CC1CCC2(CCCC2)O1. The van der Waals surface area contributed by atoms with Crippen LogP contribution in [0.3, 0.4) is 0 Å². The molecule has 0 aromatic rings. The molecule has 3 unspecified atom stereocenters. The molecule has 1 spiro atoms. The first-order valence-corrected chi connectivity index (χ1v) is 8.89. The maximum Gasteiger partial charge on any atom is 0.0710 e. The van der Waals surface area contributed by atoms with Gasteiger partial charge >= 0.3 is 0 Å². The van der Waals surface area contributed by atoms with E-state index in [1.54, 1.807) is 0 Å². The fourth-order valence-electron chi connectivity index (χ4n) is 4.69. The van der Waals surface area contributed by atoms with E-state index in [2.05, 4.69) is 17.1 Å². The van der Waals surface area contributed by atoms with Gasteiger partial charge in [0.25, 0.3) is 0 Å². The fourth-order valence-corrected chi connectivity index (χ4v) is 4.69. The average molecular weight is 278 g/mol. The molecule has 3 nitrogen and oxygen atoms in total. The molecule has 2 saturated carbocycles. The first kappa shape index (κ1) is 13.5. The predicted molar refractivity (Wildman–Crippen MR) is 80.9 cm³/mol. The summed E-state index contributed by atoms with van der Waals surface area (Å²) in [6.07, 6.45) is 11.5. The number of nitrogens with zero attached hydrogens (tertiary/aromatic N) is 1. The number of hydrogen-bond donors (Lipinski definition) is 1. The molecule has 4 fully saturated rings. The molecule has 1 N–H and O–H groups in total. The van der Waals surface area contributed by atoms with Crippen LogP contribution in [0.2, 0.25) is 0 Å². The van der Waals surface area contributed by atoms with Crippen molar-refractivity contribution in [2.24, 2.45) is 5.92 Å². The van der Waals surface area contributed by atoms with E-state index in [1.807, 2.05) is 0 Å². The quantitative estimate of drug-likeness (QED) is 0.858. The van der Waals surface area contributed by atoms with Gasteiger partial charge in [0.2, 0.25) is 0 Å². The van der Waals surface area contributed by atoms with E-state index in [9.17, 15) is 0 Å². The van der Waals surface area contributed by atoms with E-state index >= 15 is 0 Å².